The molecule has 0 fully saturated rings. The van der Waals surface area contributed by atoms with Crippen molar-refractivity contribution in [2.24, 2.45) is 5.92 Å². The normalized spacial score (nSPS) is 11.2. The van der Waals surface area contributed by atoms with Crippen LogP contribution in [-0.2, 0) is 0 Å². The summed E-state index contributed by atoms with van der Waals surface area (Å²) in [5.74, 6) is 0.218. The molecule has 1 N–H and O–H groups in total. The Hall–Kier alpha value is -1.64. The summed E-state index contributed by atoms with van der Waals surface area (Å²) in [7, 11) is 0. The molecular formula is C12H14N2O. The molecule has 1 aromatic heterocycles. The molecule has 15 heavy (non-hydrogen) atoms. The molecule has 3 nitrogen and oxygen atoms in total. The molecule has 1 aromatic carbocycles. The molecule has 0 atom stereocenters. The summed E-state index contributed by atoms with van der Waals surface area (Å²) in [5.41, 5.74) is 2.85. The number of nitrogens with zero attached hydrogens (tertiary/aromatic N) is 1. The Balaban J connectivity index is 2.59. The molecule has 2 aromatic rings. The molecule has 0 aliphatic carbocycles. The molecule has 0 aliphatic heterocycles. The fourth-order valence-electron chi connectivity index (χ4n) is 1.71. The zero-order chi connectivity index (χ0) is 11.0. The van der Waals surface area contributed by atoms with Crippen LogP contribution >= 0.6 is 0 Å². The largest absolute Gasteiger partial charge is 0.294 e. The van der Waals surface area contributed by atoms with Gasteiger partial charge in [-0.1, -0.05) is 13.8 Å². The Morgan fingerprint density at radius 3 is 2.80 bits per heavy atom. The fraction of sp³-hybridized carbons (Fsp3) is 0.333. The van der Waals surface area contributed by atoms with Gasteiger partial charge in [0, 0.05) is 16.9 Å². The van der Waals surface area contributed by atoms with Crippen molar-refractivity contribution in [3.05, 3.63) is 29.5 Å². The van der Waals surface area contributed by atoms with Gasteiger partial charge in [0.25, 0.3) is 0 Å². The summed E-state index contributed by atoms with van der Waals surface area (Å²) < 4.78 is 0. The van der Waals surface area contributed by atoms with Crippen molar-refractivity contribution in [3.63, 3.8) is 0 Å². The third-order valence-electron chi connectivity index (χ3n) is 2.55. The van der Waals surface area contributed by atoms with Crippen molar-refractivity contribution >= 4 is 16.7 Å². The summed E-state index contributed by atoms with van der Waals surface area (Å²) in [5, 5.41) is 7.89. The van der Waals surface area contributed by atoms with E-state index in [1.807, 2.05) is 32.9 Å². The Morgan fingerprint density at radius 2 is 2.13 bits per heavy atom. The van der Waals surface area contributed by atoms with E-state index < -0.39 is 0 Å². The molecule has 0 amide bonds. The topological polar surface area (TPSA) is 45.8 Å². The molecule has 78 valence electrons. The first kappa shape index (κ1) is 9.90. The lowest BCUT2D eigenvalue weighted by Gasteiger charge is -2.05. The average molecular weight is 202 g/mol. The summed E-state index contributed by atoms with van der Waals surface area (Å²) in [6.45, 7) is 5.81. The highest BCUT2D eigenvalue weighted by Crippen LogP contribution is 2.19. The first-order valence-corrected chi connectivity index (χ1v) is 5.07. The van der Waals surface area contributed by atoms with Crippen LogP contribution < -0.4 is 0 Å². The van der Waals surface area contributed by atoms with Crippen LogP contribution in [0.1, 0.15) is 29.8 Å². The Kier molecular flexibility index (Phi) is 2.31. The minimum absolute atomic E-state index is 0.0359. The standard InChI is InChI=1S/C12H14N2O/c1-7(2)12(15)9-4-8(3)11-10(5-9)6-13-14-11/h4-7H,1-3H3,(H,13,14). The number of hydrogen-bond donors (Lipinski definition) is 1. The maximum absolute atomic E-state index is 11.8. The summed E-state index contributed by atoms with van der Waals surface area (Å²) in [6.07, 6.45) is 1.75. The highest BCUT2D eigenvalue weighted by atomic mass is 16.1. The third kappa shape index (κ3) is 1.65. The zero-order valence-electron chi connectivity index (χ0n) is 9.16. The van der Waals surface area contributed by atoms with Gasteiger partial charge in [0.15, 0.2) is 5.78 Å². The second-order valence-electron chi connectivity index (χ2n) is 4.15. The molecule has 2 rings (SSSR count). The Labute approximate surface area is 88.5 Å². The predicted molar refractivity (Wildman–Crippen MR) is 60.0 cm³/mol. The van der Waals surface area contributed by atoms with Gasteiger partial charge in [0.1, 0.15) is 0 Å². The number of carbonyl (C=O) groups is 1. The number of aromatic nitrogens is 2. The van der Waals surface area contributed by atoms with E-state index in [4.69, 9.17) is 0 Å². The van der Waals surface area contributed by atoms with Crippen LogP contribution in [0.2, 0.25) is 0 Å². The SMILES string of the molecule is Cc1cc(C(=O)C(C)C)cc2cn[nH]c12. The quantitative estimate of drug-likeness (QED) is 0.761. The molecule has 3 heteroatoms. The van der Waals surface area contributed by atoms with Crippen molar-refractivity contribution < 1.29 is 4.79 Å². The molecule has 1 heterocycles. The highest BCUT2D eigenvalue weighted by Gasteiger charge is 2.12. The van der Waals surface area contributed by atoms with Crippen LogP contribution in [-0.4, -0.2) is 16.0 Å². The number of H-pyrrole nitrogens is 1. The second kappa shape index (κ2) is 3.50. The van der Waals surface area contributed by atoms with E-state index in [1.54, 1.807) is 6.20 Å². The van der Waals surface area contributed by atoms with Crippen LogP contribution in [0.25, 0.3) is 10.9 Å². The smallest absolute Gasteiger partial charge is 0.165 e. The van der Waals surface area contributed by atoms with Gasteiger partial charge in [-0.2, -0.15) is 5.10 Å². The average Bonchev–Trinajstić information content (AvgIpc) is 2.64. The van der Waals surface area contributed by atoms with Crippen molar-refractivity contribution in [2.45, 2.75) is 20.8 Å². The maximum Gasteiger partial charge on any atom is 0.165 e. The Bertz CT molecular complexity index is 511. The number of ketones is 1. The van der Waals surface area contributed by atoms with Crippen LogP contribution in [0.5, 0.6) is 0 Å². The molecule has 0 spiro atoms. The summed E-state index contributed by atoms with van der Waals surface area (Å²) in [4.78, 5) is 11.8. The minimum Gasteiger partial charge on any atom is -0.294 e. The number of fused-ring (bicyclic) bond motifs is 1. The number of Topliss-reactive ketones (excluding diaryl/α,β-unsaturated/α-hetero) is 1. The highest BCUT2D eigenvalue weighted by molar-refractivity contribution is 6.01. The van der Waals surface area contributed by atoms with Gasteiger partial charge in [-0.15, -0.1) is 0 Å². The number of aromatic amines is 1. The second-order valence-corrected chi connectivity index (χ2v) is 4.15. The zero-order valence-corrected chi connectivity index (χ0v) is 9.16. The number of carbonyl (C=O) groups excluding carboxylic acids is 1. The summed E-state index contributed by atoms with van der Waals surface area (Å²) >= 11 is 0. The maximum atomic E-state index is 11.8. The molecule has 0 saturated carbocycles. The van der Waals surface area contributed by atoms with Gasteiger partial charge in [-0.3, -0.25) is 9.89 Å². The molecule has 0 aliphatic rings. The third-order valence-corrected chi connectivity index (χ3v) is 2.55. The monoisotopic (exact) mass is 202 g/mol. The lowest BCUT2D eigenvalue weighted by atomic mass is 9.98. The van der Waals surface area contributed by atoms with E-state index in [9.17, 15) is 4.79 Å². The molecular weight excluding hydrogens is 188 g/mol. The first-order chi connectivity index (χ1) is 7.09. The Morgan fingerprint density at radius 1 is 1.40 bits per heavy atom. The number of aryl methyl sites for hydroxylation is 1. The number of rotatable bonds is 2. The fourth-order valence-corrected chi connectivity index (χ4v) is 1.71. The van der Waals surface area contributed by atoms with E-state index >= 15 is 0 Å². The number of hydrogen-bond acceptors (Lipinski definition) is 2. The van der Waals surface area contributed by atoms with E-state index in [-0.39, 0.29) is 11.7 Å². The first-order valence-electron chi connectivity index (χ1n) is 5.07. The number of benzene rings is 1. The predicted octanol–water partition coefficient (Wildman–Crippen LogP) is 2.71. The molecule has 0 saturated heterocycles. The molecule has 0 unspecified atom stereocenters. The van der Waals surface area contributed by atoms with Crippen molar-refractivity contribution in [2.75, 3.05) is 0 Å². The van der Waals surface area contributed by atoms with Gasteiger partial charge in [0.05, 0.1) is 11.7 Å². The minimum atomic E-state index is 0.0359. The van der Waals surface area contributed by atoms with Crippen molar-refractivity contribution in [1.82, 2.24) is 10.2 Å². The van der Waals surface area contributed by atoms with E-state index in [1.165, 1.54) is 0 Å². The van der Waals surface area contributed by atoms with Crippen LogP contribution in [0.4, 0.5) is 0 Å². The molecule has 0 radical (unpaired) electrons. The van der Waals surface area contributed by atoms with E-state index in [0.717, 1.165) is 22.0 Å². The van der Waals surface area contributed by atoms with Gasteiger partial charge < -0.3 is 0 Å². The van der Waals surface area contributed by atoms with E-state index in [0.29, 0.717) is 0 Å². The lowest BCUT2D eigenvalue weighted by Crippen LogP contribution is -2.07. The lowest BCUT2D eigenvalue weighted by molar-refractivity contribution is 0.0939. The van der Waals surface area contributed by atoms with Gasteiger partial charge >= 0.3 is 0 Å². The van der Waals surface area contributed by atoms with Crippen LogP contribution in [0.3, 0.4) is 0 Å². The van der Waals surface area contributed by atoms with Crippen LogP contribution in [0, 0.1) is 12.8 Å². The number of nitrogens with one attached hydrogen (secondary N) is 1. The van der Waals surface area contributed by atoms with Gasteiger partial charge in [0.2, 0.25) is 0 Å². The summed E-state index contributed by atoms with van der Waals surface area (Å²) in [6, 6.07) is 3.82. The van der Waals surface area contributed by atoms with E-state index in [2.05, 4.69) is 10.2 Å². The van der Waals surface area contributed by atoms with Crippen LogP contribution in [0.15, 0.2) is 18.3 Å². The van der Waals surface area contributed by atoms with Gasteiger partial charge in [-0.05, 0) is 24.6 Å². The van der Waals surface area contributed by atoms with Crippen molar-refractivity contribution in [3.8, 4) is 0 Å². The van der Waals surface area contributed by atoms with Crippen molar-refractivity contribution in [1.29, 1.82) is 0 Å². The van der Waals surface area contributed by atoms with Gasteiger partial charge in [-0.25, -0.2) is 0 Å². The molecule has 0 bridgehead atoms.